The predicted molar refractivity (Wildman–Crippen MR) is 93.1 cm³/mol. The van der Waals surface area contributed by atoms with Crippen LogP contribution in [0.15, 0.2) is 41.0 Å². The number of fused-ring (bicyclic) bond motifs is 1. The lowest BCUT2D eigenvalue weighted by Crippen LogP contribution is -2.31. The first-order chi connectivity index (χ1) is 12.6. The van der Waals surface area contributed by atoms with E-state index in [9.17, 15) is 14.4 Å². The Morgan fingerprint density at radius 2 is 1.81 bits per heavy atom. The van der Waals surface area contributed by atoms with Crippen LogP contribution in [-0.4, -0.2) is 17.8 Å². The second kappa shape index (κ2) is 6.61. The molecule has 2 amide bonds. The lowest BCUT2D eigenvalue weighted by Gasteiger charge is -2.19. The van der Waals surface area contributed by atoms with Gasteiger partial charge in [0.05, 0.1) is 23.8 Å². The molecule has 2 aliphatic rings. The van der Waals surface area contributed by atoms with Crippen LogP contribution >= 0.6 is 11.6 Å². The molecule has 1 aromatic heterocycles. The molecular formula is C19H16ClNO5. The van der Waals surface area contributed by atoms with Gasteiger partial charge < -0.3 is 9.15 Å². The molecule has 2 atom stereocenters. The highest BCUT2D eigenvalue weighted by atomic mass is 35.5. The van der Waals surface area contributed by atoms with Gasteiger partial charge in [-0.15, -0.1) is 0 Å². The van der Waals surface area contributed by atoms with Crippen LogP contribution in [0.5, 0.6) is 5.75 Å². The van der Waals surface area contributed by atoms with Gasteiger partial charge in [-0.3, -0.25) is 9.59 Å². The average molecular weight is 374 g/mol. The Kier molecular flexibility index (Phi) is 4.28. The van der Waals surface area contributed by atoms with Crippen molar-refractivity contribution in [1.82, 2.24) is 0 Å². The molecule has 0 bridgehead atoms. The number of carbonyl (C=O) groups excluding carboxylic acids is 3. The summed E-state index contributed by atoms with van der Waals surface area (Å²) in [5, 5.41) is 0.341. The SMILES string of the molecule is O=C(Oc1ccc(Cl)cc1N1C(=O)[C@H]2CCCC[C@H]2C1=O)c1ccco1. The molecule has 2 heterocycles. The Balaban J connectivity index is 1.69. The highest BCUT2D eigenvalue weighted by Crippen LogP contribution is 2.43. The van der Waals surface area contributed by atoms with Gasteiger partial charge in [0.25, 0.3) is 0 Å². The van der Waals surface area contributed by atoms with Crippen LogP contribution in [0.25, 0.3) is 0 Å². The summed E-state index contributed by atoms with van der Waals surface area (Å²) < 4.78 is 10.4. The van der Waals surface area contributed by atoms with E-state index in [2.05, 4.69) is 0 Å². The minimum absolute atomic E-state index is 0.0265. The van der Waals surface area contributed by atoms with Gasteiger partial charge in [-0.1, -0.05) is 24.4 Å². The second-order valence-electron chi connectivity index (χ2n) is 6.49. The zero-order chi connectivity index (χ0) is 18.3. The summed E-state index contributed by atoms with van der Waals surface area (Å²) in [4.78, 5) is 39.0. The molecule has 2 fully saturated rings. The first kappa shape index (κ1) is 16.8. The number of imide groups is 1. The zero-order valence-electron chi connectivity index (χ0n) is 13.8. The minimum Gasteiger partial charge on any atom is -0.457 e. The molecule has 1 aromatic carbocycles. The maximum absolute atomic E-state index is 12.8. The molecule has 2 aromatic rings. The lowest BCUT2D eigenvalue weighted by molar-refractivity contribution is -0.122. The summed E-state index contributed by atoms with van der Waals surface area (Å²) in [5.74, 6) is -1.70. The fraction of sp³-hybridized carbons (Fsp3) is 0.316. The van der Waals surface area contributed by atoms with E-state index in [1.165, 1.54) is 30.5 Å². The van der Waals surface area contributed by atoms with Crippen LogP contribution in [0, 0.1) is 11.8 Å². The molecule has 0 spiro atoms. The van der Waals surface area contributed by atoms with E-state index in [1.807, 2.05) is 0 Å². The maximum atomic E-state index is 12.8. The number of furan rings is 1. The maximum Gasteiger partial charge on any atom is 0.379 e. The van der Waals surface area contributed by atoms with Gasteiger partial charge in [-0.2, -0.15) is 0 Å². The topological polar surface area (TPSA) is 76.8 Å². The van der Waals surface area contributed by atoms with Crippen molar-refractivity contribution in [3.63, 3.8) is 0 Å². The van der Waals surface area contributed by atoms with E-state index >= 15 is 0 Å². The van der Waals surface area contributed by atoms with Crippen LogP contribution in [0.4, 0.5) is 5.69 Å². The van der Waals surface area contributed by atoms with E-state index < -0.39 is 5.97 Å². The predicted octanol–water partition coefficient (Wildman–Crippen LogP) is 3.83. The molecule has 7 heteroatoms. The van der Waals surface area contributed by atoms with Crippen LogP contribution < -0.4 is 9.64 Å². The van der Waals surface area contributed by atoms with Crippen molar-refractivity contribution in [3.8, 4) is 5.75 Å². The van der Waals surface area contributed by atoms with Crippen LogP contribution in [0.3, 0.4) is 0 Å². The third-order valence-electron chi connectivity index (χ3n) is 4.93. The summed E-state index contributed by atoms with van der Waals surface area (Å²) >= 11 is 6.07. The first-order valence-electron chi connectivity index (χ1n) is 8.49. The number of ether oxygens (including phenoxy) is 1. The van der Waals surface area contributed by atoms with E-state index in [0.29, 0.717) is 17.9 Å². The largest absolute Gasteiger partial charge is 0.457 e. The molecule has 4 rings (SSSR count). The van der Waals surface area contributed by atoms with Crippen molar-refractivity contribution in [2.75, 3.05) is 4.90 Å². The molecule has 26 heavy (non-hydrogen) atoms. The number of halogens is 1. The quantitative estimate of drug-likeness (QED) is 0.464. The summed E-state index contributed by atoms with van der Waals surface area (Å²) in [7, 11) is 0. The fourth-order valence-electron chi connectivity index (χ4n) is 3.70. The first-order valence-corrected chi connectivity index (χ1v) is 8.87. The van der Waals surface area contributed by atoms with Gasteiger partial charge in [0.1, 0.15) is 0 Å². The number of amides is 2. The van der Waals surface area contributed by atoms with Gasteiger partial charge >= 0.3 is 5.97 Å². The standard InChI is InChI=1S/C19H16ClNO5/c20-11-7-8-15(26-19(24)16-6-3-9-25-16)14(10-11)21-17(22)12-4-1-2-5-13(12)18(21)23/h3,6-10,12-13H,1-2,4-5H2/t12-,13+. The summed E-state index contributed by atoms with van der Waals surface area (Å²) in [6.07, 6.45) is 4.63. The van der Waals surface area contributed by atoms with Crippen LogP contribution in [0.2, 0.25) is 5.02 Å². The van der Waals surface area contributed by atoms with Crippen molar-refractivity contribution in [2.45, 2.75) is 25.7 Å². The van der Waals surface area contributed by atoms with Gasteiger partial charge in [0.2, 0.25) is 17.6 Å². The molecule has 0 unspecified atom stereocenters. The summed E-state index contributed by atoms with van der Waals surface area (Å²) in [6.45, 7) is 0. The monoisotopic (exact) mass is 373 g/mol. The molecule has 1 saturated carbocycles. The number of esters is 1. The van der Waals surface area contributed by atoms with E-state index in [1.54, 1.807) is 6.07 Å². The molecule has 134 valence electrons. The van der Waals surface area contributed by atoms with Crippen molar-refractivity contribution < 1.29 is 23.5 Å². The average Bonchev–Trinajstić information content (AvgIpc) is 3.25. The third-order valence-corrected chi connectivity index (χ3v) is 5.16. The normalized spacial score (nSPS) is 22.4. The van der Waals surface area contributed by atoms with Gasteiger partial charge in [0, 0.05) is 5.02 Å². The zero-order valence-corrected chi connectivity index (χ0v) is 14.6. The van der Waals surface area contributed by atoms with Gasteiger partial charge in [-0.05, 0) is 43.2 Å². The summed E-state index contributed by atoms with van der Waals surface area (Å²) in [5.41, 5.74) is 0.196. The molecule has 1 aliphatic heterocycles. The van der Waals surface area contributed by atoms with Gasteiger partial charge in [0.15, 0.2) is 5.75 Å². The van der Waals surface area contributed by atoms with E-state index in [-0.39, 0.29) is 40.8 Å². The molecule has 0 radical (unpaired) electrons. The lowest BCUT2D eigenvalue weighted by atomic mass is 9.81. The second-order valence-corrected chi connectivity index (χ2v) is 6.92. The van der Waals surface area contributed by atoms with Gasteiger partial charge in [-0.25, -0.2) is 9.69 Å². The van der Waals surface area contributed by atoms with Crippen LogP contribution in [0.1, 0.15) is 36.2 Å². The van der Waals surface area contributed by atoms with Crippen LogP contribution in [-0.2, 0) is 9.59 Å². The number of hydrogen-bond donors (Lipinski definition) is 0. The Labute approximate surface area is 154 Å². The fourth-order valence-corrected chi connectivity index (χ4v) is 3.86. The number of hydrogen-bond acceptors (Lipinski definition) is 5. The van der Waals surface area contributed by atoms with E-state index in [4.69, 9.17) is 20.8 Å². The highest BCUT2D eigenvalue weighted by molar-refractivity contribution is 6.31. The van der Waals surface area contributed by atoms with Crippen molar-refractivity contribution >= 4 is 35.1 Å². The van der Waals surface area contributed by atoms with Crippen molar-refractivity contribution in [1.29, 1.82) is 0 Å². The van der Waals surface area contributed by atoms with Crippen molar-refractivity contribution in [2.24, 2.45) is 11.8 Å². The molecular weight excluding hydrogens is 358 g/mol. The van der Waals surface area contributed by atoms with E-state index in [0.717, 1.165) is 17.7 Å². The minimum atomic E-state index is -0.713. The Hall–Kier alpha value is -2.60. The third kappa shape index (κ3) is 2.80. The van der Waals surface area contributed by atoms with Crippen molar-refractivity contribution in [3.05, 3.63) is 47.4 Å². The number of carbonyl (C=O) groups is 3. The Morgan fingerprint density at radius 3 is 2.42 bits per heavy atom. The molecule has 1 aliphatic carbocycles. The Bertz CT molecular complexity index is 852. The molecule has 1 saturated heterocycles. The number of nitrogens with zero attached hydrogens (tertiary/aromatic N) is 1. The summed E-state index contributed by atoms with van der Waals surface area (Å²) in [6, 6.07) is 7.52. The number of rotatable bonds is 3. The number of anilines is 1. The number of benzene rings is 1. The highest BCUT2D eigenvalue weighted by Gasteiger charge is 2.49. The molecule has 6 nitrogen and oxygen atoms in total. The molecule has 0 N–H and O–H groups in total. The smallest absolute Gasteiger partial charge is 0.379 e. The Morgan fingerprint density at radius 1 is 1.12 bits per heavy atom.